The van der Waals surface area contributed by atoms with Crippen molar-refractivity contribution in [3.8, 4) is 5.92 Å². The van der Waals surface area contributed by atoms with Crippen LogP contribution in [0.2, 0.25) is 5.02 Å². The van der Waals surface area contributed by atoms with E-state index in [0.717, 1.165) is 11.1 Å². The van der Waals surface area contributed by atoms with E-state index in [1.807, 2.05) is 19.1 Å². The lowest BCUT2D eigenvalue weighted by Crippen LogP contribution is -1.76. The topological polar surface area (TPSA) is 0 Å². The van der Waals surface area contributed by atoms with E-state index in [2.05, 4.69) is 5.92 Å². The van der Waals surface area contributed by atoms with Crippen LogP contribution in [-0.4, -0.2) is 0 Å². The minimum absolute atomic E-state index is 0.662. The van der Waals surface area contributed by atoms with Crippen LogP contribution in [0.3, 0.4) is 0 Å². The van der Waals surface area contributed by atoms with Crippen LogP contribution >= 0.6 is 11.6 Å². The Morgan fingerprint density at radius 2 is 2.10 bits per heavy atom. The second kappa shape index (κ2) is 2.77. The highest BCUT2D eigenvalue weighted by Gasteiger charge is 1.91. The summed E-state index contributed by atoms with van der Waals surface area (Å²) in [5.41, 5.74) is 1.78. The predicted octanol–water partition coefficient (Wildman–Crippen LogP) is 2.59. The molecule has 0 bridgehead atoms. The monoisotopic (exact) mass is 149 g/mol. The Labute approximate surface area is 65.8 Å². The van der Waals surface area contributed by atoms with Gasteiger partial charge in [0, 0.05) is 10.6 Å². The van der Waals surface area contributed by atoms with E-state index in [9.17, 15) is 0 Å². The molecule has 0 aliphatic heterocycles. The third-order valence-corrected chi connectivity index (χ3v) is 1.40. The highest BCUT2D eigenvalue weighted by molar-refractivity contribution is 6.30. The summed E-state index contributed by atoms with van der Waals surface area (Å²) in [6.07, 6.45) is 6.83. The van der Waals surface area contributed by atoms with Gasteiger partial charge in [0.15, 0.2) is 0 Å². The SMILES string of the molecule is [C]#Cc1cc(C)cc(Cl)c1. The molecule has 1 aromatic carbocycles. The number of hydrogen-bond acceptors (Lipinski definition) is 0. The summed E-state index contributed by atoms with van der Waals surface area (Å²) in [6, 6.07) is 5.42. The van der Waals surface area contributed by atoms with E-state index in [1.54, 1.807) is 6.07 Å². The fourth-order valence-corrected chi connectivity index (χ4v) is 1.10. The molecule has 0 aliphatic rings. The lowest BCUT2D eigenvalue weighted by Gasteiger charge is -1.94. The summed E-state index contributed by atoms with van der Waals surface area (Å²) >= 11 is 5.71. The Kier molecular flexibility index (Phi) is 1.99. The van der Waals surface area contributed by atoms with Crippen LogP contribution < -0.4 is 0 Å². The zero-order valence-electron chi connectivity index (χ0n) is 5.61. The van der Waals surface area contributed by atoms with Crippen molar-refractivity contribution in [2.45, 2.75) is 6.92 Å². The summed E-state index contributed by atoms with van der Waals surface area (Å²) in [7, 11) is 0. The van der Waals surface area contributed by atoms with E-state index < -0.39 is 0 Å². The Bertz CT molecular complexity index is 261. The van der Waals surface area contributed by atoms with E-state index in [4.69, 9.17) is 18.0 Å². The van der Waals surface area contributed by atoms with Crippen LogP contribution in [0.1, 0.15) is 11.1 Å². The summed E-state index contributed by atoms with van der Waals surface area (Å²) in [5.74, 6) is 2.27. The van der Waals surface area contributed by atoms with Gasteiger partial charge in [0.1, 0.15) is 0 Å². The molecule has 0 aromatic heterocycles. The number of benzene rings is 1. The van der Waals surface area contributed by atoms with Gasteiger partial charge in [-0.3, -0.25) is 0 Å². The average molecular weight is 150 g/mol. The van der Waals surface area contributed by atoms with Crippen molar-refractivity contribution in [2.75, 3.05) is 0 Å². The van der Waals surface area contributed by atoms with E-state index >= 15 is 0 Å². The summed E-state index contributed by atoms with van der Waals surface area (Å²) < 4.78 is 0. The first-order valence-electron chi connectivity index (χ1n) is 2.92. The van der Waals surface area contributed by atoms with Crippen LogP contribution in [0.5, 0.6) is 0 Å². The van der Waals surface area contributed by atoms with E-state index in [1.165, 1.54) is 0 Å². The first-order chi connectivity index (χ1) is 4.72. The second-order valence-electron chi connectivity index (χ2n) is 2.14. The molecule has 0 atom stereocenters. The van der Waals surface area contributed by atoms with Crippen molar-refractivity contribution in [3.05, 3.63) is 40.8 Å². The molecule has 1 aromatic rings. The van der Waals surface area contributed by atoms with E-state index in [0.29, 0.717) is 5.02 Å². The molecule has 49 valence electrons. The molecule has 0 aliphatic carbocycles. The number of aryl methyl sites for hydroxylation is 1. The van der Waals surface area contributed by atoms with Gasteiger partial charge in [-0.15, -0.1) is 0 Å². The highest BCUT2D eigenvalue weighted by atomic mass is 35.5. The summed E-state index contributed by atoms with van der Waals surface area (Å²) in [5, 5.41) is 0.662. The number of halogens is 1. The lowest BCUT2D eigenvalue weighted by atomic mass is 10.1. The van der Waals surface area contributed by atoms with Crippen LogP contribution in [-0.2, 0) is 0 Å². The molecule has 0 nitrogen and oxygen atoms in total. The predicted molar refractivity (Wildman–Crippen MR) is 42.4 cm³/mol. The smallest absolute Gasteiger partial charge is 0.0421 e. The molecule has 0 amide bonds. The van der Waals surface area contributed by atoms with Gasteiger partial charge in [-0.1, -0.05) is 17.5 Å². The van der Waals surface area contributed by atoms with Crippen LogP contribution in [0.4, 0.5) is 0 Å². The van der Waals surface area contributed by atoms with Gasteiger partial charge in [-0.25, -0.2) is 0 Å². The largest absolute Gasteiger partial charge is 0.0843 e. The Morgan fingerprint density at radius 1 is 1.40 bits per heavy atom. The number of hydrogen-bond donors (Lipinski definition) is 0. The first-order valence-corrected chi connectivity index (χ1v) is 3.30. The van der Waals surface area contributed by atoms with Gasteiger partial charge in [-0.2, -0.15) is 0 Å². The maximum Gasteiger partial charge on any atom is 0.0421 e. The summed E-state index contributed by atoms with van der Waals surface area (Å²) in [6.45, 7) is 1.94. The molecule has 0 heterocycles. The van der Waals surface area contributed by atoms with Crippen molar-refractivity contribution in [2.24, 2.45) is 0 Å². The zero-order chi connectivity index (χ0) is 7.56. The van der Waals surface area contributed by atoms with Crippen LogP contribution in [0, 0.1) is 19.3 Å². The minimum Gasteiger partial charge on any atom is -0.0843 e. The van der Waals surface area contributed by atoms with Crippen molar-refractivity contribution in [1.82, 2.24) is 0 Å². The standard InChI is InChI=1S/C9H6Cl/c1-3-8-4-7(2)5-9(10)6-8/h4-6H,2H3. The van der Waals surface area contributed by atoms with Crippen LogP contribution in [0.25, 0.3) is 0 Å². The van der Waals surface area contributed by atoms with Gasteiger partial charge in [0.2, 0.25) is 0 Å². The maximum atomic E-state index is 6.83. The molecular formula is C9H6Cl. The van der Waals surface area contributed by atoms with Crippen LogP contribution in [0.15, 0.2) is 18.2 Å². The molecule has 1 radical (unpaired) electrons. The quantitative estimate of drug-likeness (QED) is 0.498. The second-order valence-corrected chi connectivity index (χ2v) is 2.58. The third kappa shape index (κ3) is 1.52. The molecule has 0 saturated heterocycles. The Balaban J connectivity index is 3.22. The minimum atomic E-state index is 0.662. The van der Waals surface area contributed by atoms with Crippen molar-refractivity contribution >= 4 is 11.6 Å². The fourth-order valence-electron chi connectivity index (χ4n) is 0.809. The summed E-state index contributed by atoms with van der Waals surface area (Å²) in [4.78, 5) is 0. The molecule has 0 N–H and O–H groups in total. The van der Waals surface area contributed by atoms with Gasteiger partial charge >= 0.3 is 0 Å². The zero-order valence-corrected chi connectivity index (χ0v) is 6.37. The van der Waals surface area contributed by atoms with Gasteiger partial charge in [0.05, 0.1) is 0 Å². The Hall–Kier alpha value is -0.930. The van der Waals surface area contributed by atoms with E-state index in [-0.39, 0.29) is 0 Å². The Morgan fingerprint density at radius 3 is 2.60 bits per heavy atom. The third-order valence-electron chi connectivity index (χ3n) is 1.19. The van der Waals surface area contributed by atoms with Gasteiger partial charge in [0.25, 0.3) is 0 Å². The van der Waals surface area contributed by atoms with Crippen molar-refractivity contribution < 1.29 is 0 Å². The molecule has 1 rings (SSSR count). The number of rotatable bonds is 0. The maximum absolute atomic E-state index is 6.83. The average Bonchev–Trinajstić information content (AvgIpc) is 1.85. The van der Waals surface area contributed by atoms with Gasteiger partial charge in [-0.05, 0) is 37.1 Å². The molecular weight excluding hydrogens is 144 g/mol. The molecule has 0 saturated carbocycles. The normalized spacial score (nSPS) is 8.90. The molecule has 1 heteroatoms. The highest BCUT2D eigenvalue weighted by Crippen LogP contribution is 2.13. The molecule has 0 spiro atoms. The van der Waals surface area contributed by atoms with Crippen molar-refractivity contribution in [3.63, 3.8) is 0 Å². The lowest BCUT2D eigenvalue weighted by molar-refractivity contribution is 1.45. The van der Waals surface area contributed by atoms with Gasteiger partial charge < -0.3 is 0 Å². The van der Waals surface area contributed by atoms with Crippen molar-refractivity contribution in [1.29, 1.82) is 0 Å². The molecule has 0 fully saturated rings. The first kappa shape index (κ1) is 7.18. The fraction of sp³-hybridized carbons (Fsp3) is 0.111. The molecule has 0 unspecified atom stereocenters. The molecule has 10 heavy (non-hydrogen) atoms.